The van der Waals surface area contributed by atoms with E-state index in [0.717, 1.165) is 25.2 Å². The summed E-state index contributed by atoms with van der Waals surface area (Å²) in [5.41, 5.74) is 0. The molecule has 2 bridgehead atoms. The van der Waals surface area contributed by atoms with Gasteiger partial charge in [0.15, 0.2) is 5.96 Å². The molecule has 120 valence electrons. The zero-order chi connectivity index (χ0) is 15.4. The van der Waals surface area contributed by atoms with Crippen molar-refractivity contribution in [1.29, 1.82) is 0 Å². The Morgan fingerprint density at radius 3 is 2.71 bits per heavy atom. The van der Waals surface area contributed by atoms with Crippen LogP contribution in [0.1, 0.15) is 39.5 Å². The SMILES string of the molecule is CCC(C)NC(=NCC(=O)N(C)C)NC1CC2CCC1O2. The lowest BCUT2D eigenvalue weighted by molar-refractivity contribution is -0.127. The lowest BCUT2D eigenvalue weighted by atomic mass is 9.96. The highest BCUT2D eigenvalue weighted by Gasteiger charge is 2.41. The average Bonchev–Trinajstić information content (AvgIpc) is 3.06. The number of hydrogen-bond donors (Lipinski definition) is 2. The van der Waals surface area contributed by atoms with Crippen LogP contribution in [-0.4, -0.2) is 61.7 Å². The predicted octanol–water partition coefficient (Wildman–Crippen LogP) is 0.728. The zero-order valence-electron chi connectivity index (χ0n) is 13.6. The van der Waals surface area contributed by atoms with Crippen molar-refractivity contribution in [2.24, 2.45) is 4.99 Å². The fraction of sp³-hybridized carbons (Fsp3) is 0.867. The monoisotopic (exact) mass is 296 g/mol. The van der Waals surface area contributed by atoms with Crippen molar-refractivity contribution >= 4 is 11.9 Å². The molecule has 2 rings (SSSR count). The summed E-state index contributed by atoms with van der Waals surface area (Å²) in [6, 6.07) is 0.638. The Labute approximate surface area is 127 Å². The Bertz CT molecular complexity index is 397. The number of amides is 1. The topological polar surface area (TPSA) is 66.0 Å². The third kappa shape index (κ3) is 4.33. The van der Waals surface area contributed by atoms with Gasteiger partial charge >= 0.3 is 0 Å². The van der Waals surface area contributed by atoms with Gasteiger partial charge in [0.05, 0.1) is 18.2 Å². The third-order valence-corrected chi connectivity index (χ3v) is 4.29. The number of carbonyl (C=O) groups is 1. The molecule has 4 unspecified atom stereocenters. The van der Waals surface area contributed by atoms with Crippen molar-refractivity contribution in [2.45, 2.75) is 63.8 Å². The summed E-state index contributed by atoms with van der Waals surface area (Å²) < 4.78 is 5.86. The number of nitrogens with one attached hydrogen (secondary N) is 2. The van der Waals surface area contributed by atoms with Crippen LogP contribution < -0.4 is 10.6 Å². The second-order valence-electron chi connectivity index (χ2n) is 6.27. The minimum absolute atomic E-state index is 0.00411. The van der Waals surface area contributed by atoms with E-state index < -0.39 is 0 Å². The van der Waals surface area contributed by atoms with Crippen LogP contribution in [0.5, 0.6) is 0 Å². The molecular weight excluding hydrogens is 268 g/mol. The molecule has 2 aliphatic heterocycles. The first-order valence-electron chi connectivity index (χ1n) is 7.92. The minimum Gasteiger partial charge on any atom is -0.373 e. The molecule has 0 aromatic carbocycles. The molecule has 0 aromatic heterocycles. The normalized spacial score (nSPS) is 29.3. The summed E-state index contributed by atoms with van der Waals surface area (Å²) in [6.07, 6.45) is 5.04. The van der Waals surface area contributed by atoms with Crippen molar-refractivity contribution in [2.75, 3.05) is 20.6 Å². The summed E-state index contributed by atoms with van der Waals surface area (Å²) in [6.45, 7) is 4.41. The molecule has 2 heterocycles. The van der Waals surface area contributed by atoms with Crippen molar-refractivity contribution in [3.63, 3.8) is 0 Å². The van der Waals surface area contributed by atoms with Gasteiger partial charge in [-0.05, 0) is 32.6 Å². The number of nitrogens with zero attached hydrogens (tertiary/aromatic N) is 2. The van der Waals surface area contributed by atoms with E-state index in [4.69, 9.17) is 4.74 Å². The van der Waals surface area contributed by atoms with Gasteiger partial charge in [0.1, 0.15) is 6.54 Å². The maximum absolute atomic E-state index is 11.7. The van der Waals surface area contributed by atoms with Crippen LogP contribution in [0, 0.1) is 0 Å². The molecule has 6 heteroatoms. The van der Waals surface area contributed by atoms with Crippen LogP contribution in [0.2, 0.25) is 0 Å². The van der Waals surface area contributed by atoms with E-state index in [1.54, 1.807) is 19.0 Å². The molecule has 1 amide bonds. The highest BCUT2D eigenvalue weighted by atomic mass is 16.5. The third-order valence-electron chi connectivity index (χ3n) is 4.29. The van der Waals surface area contributed by atoms with Gasteiger partial charge in [0, 0.05) is 20.1 Å². The molecule has 0 aromatic rings. The van der Waals surface area contributed by atoms with Gasteiger partial charge in [-0.25, -0.2) is 4.99 Å². The van der Waals surface area contributed by atoms with Crippen molar-refractivity contribution in [3.8, 4) is 0 Å². The number of likely N-dealkylation sites (N-methyl/N-ethyl adjacent to an activating group) is 1. The number of hydrogen-bond acceptors (Lipinski definition) is 3. The second-order valence-corrected chi connectivity index (χ2v) is 6.27. The lowest BCUT2D eigenvalue weighted by Crippen LogP contribution is -2.50. The first-order valence-corrected chi connectivity index (χ1v) is 7.92. The molecule has 2 N–H and O–H groups in total. The highest BCUT2D eigenvalue weighted by Crippen LogP contribution is 2.34. The van der Waals surface area contributed by atoms with E-state index in [9.17, 15) is 4.79 Å². The Morgan fingerprint density at radius 2 is 2.19 bits per heavy atom. The Hall–Kier alpha value is -1.30. The molecule has 2 saturated heterocycles. The van der Waals surface area contributed by atoms with Crippen LogP contribution in [0.4, 0.5) is 0 Å². The van der Waals surface area contributed by atoms with Crippen LogP contribution in [0.15, 0.2) is 4.99 Å². The standard InChI is InChI=1S/C15H28N4O2/c1-5-10(2)17-15(16-9-14(20)19(3)4)18-12-8-11-6-7-13(12)21-11/h10-13H,5-9H2,1-4H3,(H2,16,17,18). The fourth-order valence-electron chi connectivity index (χ4n) is 2.72. The number of aliphatic imine (C=N–C) groups is 1. The van der Waals surface area contributed by atoms with Gasteiger partial charge in [-0.15, -0.1) is 0 Å². The first kappa shape index (κ1) is 16.1. The molecule has 0 spiro atoms. The molecule has 4 atom stereocenters. The van der Waals surface area contributed by atoms with Crippen molar-refractivity contribution < 1.29 is 9.53 Å². The van der Waals surface area contributed by atoms with E-state index in [1.807, 2.05) is 0 Å². The Morgan fingerprint density at radius 1 is 1.43 bits per heavy atom. The Balaban J connectivity index is 1.94. The van der Waals surface area contributed by atoms with Gasteiger partial charge in [-0.3, -0.25) is 4.79 Å². The summed E-state index contributed by atoms with van der Waals surface area (Å²) in [5, 5.41) is 6.81. The molecule has 2 aliphatic rings. The largest absolute Gasteiger partial charge is 0.373 e. The van der Waals surface area contributed by atoms with E-state index in [0.29, 0.717) is 24.3 Å². The first-order chi connectivity index (χ1) is 9.99. The second kappa shape index (κ2) is 7.11. The number of guanidine groups is 1. The highest BCUT2D eigenvalue weighted by molar-refractivity contribution is 5.85. The van der Waals surface area contributed by atoms with Crippen molar-refractivity contribution in [1.82, 2.24) is 15.5 Å². The van der Waals surface area contributed by atoms with Crippen LogP contribution >= 0.6 is 0 Å². The number of rotatable bonds is 5. The maximum atomic E-state index is 11.7. The zero-order valence-corrected chi connectivity index (χ0v) is 13.6. The summed E-state index contributed by atoms with van der Waals surface area (Å²) >= 11 is 0. The minimum atomic E-state index is 0.00411. The number of ether oxygens (including phenoxy) is 1. The fourth-order valence-corrected chi connectivity index (χ4v) is 2.72. The van der Waals surface area contributed by atoms with Crippen LogP contribution in [-0.2, 0) is 9.53 Å². The molecule has 0 saturated carbocycles. The number of carbonyl (C=O) groups excluding carboxylic acids is 1. The molecule has 6 nitrogen and oxygen atoms in total. The predicted molar refractivity (Wildman–Crippen MR) is 83.3 cm³/mol. The average molecular weight is 296 g/mol. The molecule has 0 aliphatic carbocycles. The quantitative estimate of drug-likeness (QED) is 0.580. The van der Waals surface area contributed by atoms with Crippen molar-refractivity contribution in [3.05, 3.63) is 0 Å². The molecule has 21 heavy (non-hydrogen) atoms. The van der Waals surface area contributed by atoms with Gasteiger partial charge < -0.3 is 20.3 Å². The van der Waals surface area contributed by atoms with E-state index >= 15 is 0 Å². The number of fused-ring (bicyclic) bond motifs is 2. The van der Waals surface area contributed by atoms with E-state index in [2.05, 4.69) is 29.5 Å². The Kier molecular flexibility index (Phi) is 5.45. The maximum Gasteiger partial charge on any atom is 0.243 e. The molecule has 2 fully saturated rings. The molecule has 0 radical (unpaired) electrons. The van der Waals surface area contributed by atoms with E-state index in [1.165, 1.54) is 6.42 Å². The summed E-state index contributed by atoms with van der Waals surface area (Å²) in [5.74, 6) is 0.727. The summed E-state index contributed by atoms with van der Waals surface area (Å²) in [4.78, 5) is 17.7. The van der Waals surface area contributed by atoms with Gasteiger partial charge in [-0.1, -0.05) is 6.92 Å². The van der Waals surface area contributed by atoms with Crippen LogP contribution in [0.3, 0.4) is 0 Å². The summed E-state index contributed by atoms with van der Waals surface area (Å²) in [7, 11) is 3.49. The molecular formula is C15H28N4O2. The van der Waals surface area contributed by atoms with Gasteiger partial charge in [-0.2, -0.15) is 0 Å². The van der Waals surface area contributed by atoms with Crippen LogP contribution in [0.25, 0.3) is 0 Å². The smallest absolute Gasteiger partial charge is 0.243 e. The van der Waals surface area contributed by atoms with Gasteiger partial charge in [0.25, 0.3) is 0 Å². The van der Waals surface area contributed by atoms with Gasteiger partial charge in [0.2, 0.25) is 5.91 Å². The van der Waals surface area contributed by atoms with E-state index in [-0.39, 0.29) is 12.5 Å². The lowest BCUT2D eigenvalue weighted by Gasteiger charge is -2.24.